The summed E-state index contributed by atoms with van der Waals surface area (Å²) in [4.78, 5) is 39.7. The van der Waals surface area contributed by atoms with E-state index in [1.165, 1.54) is 11.0 Å². The lowest BCUT2D eigenvalue weighted by Gasteiger charge is -2.22. The van der Waals surface area contributed by atoms with Crippen LogP contribution >= 0.6 is 0 Å². The zero-order valence-electron chi connectivity index (χ0n) is 20.8. The smallest absolute Gasteiger partial charge is 0.274 e. The number of imide groups is 1. The second kappa shape index (κ2) is 8.37. The Kier molecular flexibility index (Phi) is 5.23. The fourth-order valence-corrected chi connectivity index (χ4v) is 6.23. The van der Waals surface area contributed by atoms with Crippen LogP contribution in [0.15, 0.2) is 84.5 Å². The fraction of sp³-hybridized carbons (Fsp3) is 0.226. The monoisotopic (exact) mass is 490 g/mol. The van der Waals surface area contributed by atoms with E-state index in [2.05, 4.69) is 74.5 Å². The van der Waals surface area contributed by atoms with Gasteiger partial charge in [0.15, 0.2) is 0 Å². The Morgan fingerprint density at radius 2 is 1.24 bits per heavy atom. The van der Waals surface area contributed by atoms with Crippen LogP contribution in [-0.2, 0) is 9.59 Å². The molecule has 1 saturated heterocycles. The number of nitro benzene ring substituents is 1. The van der Waals surface area contributed by atoms with Gasteiger partial charge in [-0.25, -0.2) is 4.90 Å². The van der Waals surface area contributed by atoms with Crippen molar-refractivity contribution in [3.05, 3.63) is 122 Å². The predicted octanol–water partition coefficient (Wildman–Crippen LogP) is 5.94. The summed E-state index contributed by atoms with van der Waals surface area (Å²) < 4.78 is 0. The Morgan fingerprint density at radius 1 is 0.757 bits per heavy atom. The van der Waals surface area contributed by atoms with E-state index in [1.807, 2.05) is 0 Å². The molecular weight excluding hydrogens is 464 g/mol. The summed E-state index contributed by atoms with van der Waals surface area (Å²) in [6.45, 7) is 5.74. The summed E-state index contributed by atoms with van der Waals surface area (Å²) >= 11 is 0. The molecule has 1 heterocycles. The van der Waals surface area contributed by atoms with Gasteiger partial charge in [-0.2, -0.15) is 0 Å². The van der Waals surface area contributed by atoms with Crippen molar-refractivity contribution >= 4 is 28.8 Å². The van der Waals surface area contributed by atoms with Crippen LogP contribution in [-0.4, -0.2) is 16.7 Å². The van der Waals surface area contributed by atoms with E-state index in [-0.39, 0.29) is 35.0 Å². The van der Waals surface area contributed by atoms with Gasteiger partial charge in [0.25, 0.3) is 5.69 Å². The van der Waals surface area contributed by atoms with Gasteiger partial charge in [-0.3, -0.25) is 19.7 Å². The molecule has 0 aromatic heterocycles. The third kappa shape index (κ3) is 3.47. The zero-order chi connectivity index (χ0) is 26.0. The minimum Gasteiger partial charge on any atom is -0.274 e. The summed E-state index contributed by atoms with van der Waals surface area (Å²) in [6.07, 6.45) is 4.13. The molecule has 4 atom stereocenters. The van der Waals surface area contributed by atoms with Crippen LogP contribution in [0.4, 0.5) is 11.4 Å². The molecule has 6 rings (SSSR count). The van der Waals surface area contributed by atoms with E-state index in [0.717, 1.165) is 33.4 Å². The molecule has 37 heavy (non-hydrogen) atoms. The van der Waals surface area contributed by atoms with Crippen LogP contribution in [0.3, 0.4) is 0 Å². The molecule has 2 fully saturated rings. The third-order valence-corrected chi connectivity index (χ3v) is 8.03. The van der Waals surface area contributed by atoms with Crippen molar-refractivity contribution in [3.8, 4) is 0 Å². The average molecular weight is 491 g/mol. The minimum atomic E-state index is -0.510. The van der Waals surface area contributed by atoms with Crippen molar-refractivity contribution in [2.45, 2.75) is 20.8 Å². The summed E-state index contributed by atoms with van der Waals surface area (Å²) in [5.74, 6) is -1.99. The molecule has 2 bridgehead atoms. The van der Waals surface area contributed by atoms with Crippen LogP contribution < -0.4 is 4.90 Å². The minimum absolute atomic E-state index is 0.0992. The molecular formula is C31H26N2O4. The molecule has 3 aromatic rings. The van der Waals surface area contributed by atoms with Crippen molar-refractivity contribution in [3.63, 3.8) is 0 Å². The number of amides is 2. The Morgan fingerprint density at radius 3 is 1.70 bits per heavy atom. The van der Waals surface area contributed by atoms with Gasteiger partial charge < -0.3 is 0 Å². The zero-order valence-corrected chi connectivity index (χ0v) is 20.8. The van der Waals surface area contributed by atoms with Gasteiger partial charge in [0.1, 0.15) is 0 Å². The molecule has 6 heteroatoms. The van der Waals surface area contributed by atoms with Crippen LogP contribution in [0, 0.1) is 54.6 Å². The van der Waals surface area contributed by atoms with E-state index in [9.17, 15) is 19.7 Å². The number of anilines is 1. The second-order valence-electron chi connectivity index (χ2n) is 10.3. The van der Waals surface area contributed by atoms with Gasteiger partial charge >= 0.3 is 0 Å². The SMILES string of the molecule is Cc1ccc(C(=C2C3C=CC2C2C(=O)N(c4ccc(C)c([N+](=O)[O-])c4)C(=O)C32)c2ccc(C)cc2)cc1. The van der Waals surface area contributed by atoms with Crippen molar-refractivity contribution in [2.75, 3.05) is 4.90 Å². The highest BCUT2D eigenvalue weighted by Gasteiger charge is 2.62. The first-order valence-corrected chi connectivity index (χ1v) is 12.5. The van der Waals surface area contributed by atoms with E-state index in [4.69, 9.17) is 0 Å². The molecule has 2 amide bonds. The first-order chi connectivity index (χ1) is 17.8. The highest BCUT2D eigenvalue weighted by Crippen LogP contribution is 2.59. The first kappa shape index (κ1) is 23.1. The van der Waals surface area contributed by atoms with Gasteiger partial charge in [0.05, 0.1) is 22.4 Å². The Hall–Kier alpha value is -4.32. The van der Waals surface area contributed by atoms with E-state index in [0.29, 0.717) is 5.56 Å². The maximum absolute atomic E-state index is 13.8. The van der Waals surface area contributed by atoms with Crippen LogP contribution in [0.25, 0.3) is 5.57 Å². The topological polar surface area (TPSA) is 80.5 Å². The molecule has 1 aliphatic heterocycles. The van der Waals surface area contributed by atoms with Crippen molar-refractivity contribution < 1.29 is 14.5 Å². The van der Waals surface area contributed by atoms with E-state index < -0.39 is 16.8 Å². The predicted molar refractivity (Wildman–Crippen MR) is 142 cm³/mol. The number of carbonyl (C=O) groups is 2. The number of nitrogens with zero attached hydrogens (tertiary/aromatic N) is 2. The molecule has 0 radical (unpaired) electrons. The largest absolute Gasteiger partial charge is 0.274 e. The van der Waals surface area contributed by atoms with Gasteiger partial charge in [-0.1, -0.05) is 77.9 Å². The summed E-state index contributed by atoms with van der Waals surface area (Å²) in [5.41, 5.74) is 7.29. The number of hydrogen-bond acceptors (Lipinski definition) is 4. The third-order valence-electron chi connectivity index (χ3n) is 8.03. The number of nitro groups is 1. The maximum Gasteiger partial charge on any atom is 0.274 e. The number of allylic oxidation sites excluding steroid dienone is 3. The summed E-state index contributed by atoms with van der Waals surface area (Å²) in [7, 11) is 0. The Labute approximate surface area is 215 Å². The van der Waals surface area contributed by atoms with Gasteiger partial charge in [-0.15, -0.1) is 0 Å². The second-order valence-corrected chi connectivity index (χ2v) is 10.3. The van der Waals surface area contributed by atoms with Gasteiger partial charge in [0.2, 0.25) is 11.8 Å². The highest BCUT2D eigenvalue weighted by molar-refractivity contribution is 6.23. The quantitative estimate of drug-likeness (QED) is 0.196. The number of benzene rings is 3. The fourth-order valence-electron chi connectivity index (χ4n) is 6.23. The van der Waals surface area contributed by atoms with Crippen molar-refractivity contribution in [1.29, 1.82) is 0 Å². The molecule has 2 aliphatic carbocycles. The molecule has 184 valence electrons. The summed E-state index contributed by atoms with van der Waals surface area (Å²) in [5, 5.41) is 11.5. The number of fused-ring (bicyclic) bond motifs is 5. The molecule has 1 saturated carbocycles. The van der Waals surface area contributed by atoms with E-state index in [1.54, 1.807) is 19.1 Å². The first-order valence-electron chi connectivity index (χ1n) is 12.5. The Bertz CT molecular complexity index is 1450. The maximum atomic E-state index is 13.8. The summed E-state index contributed by atoms with van der Waals surface area (Å²) in [6, 6.07) is 21.3. The molecule has 3 aromatic carbocycles. The molecule has 0 spiro atoms. The Balaban J connectivity index is 1.46. The van der Waals surface area contributed by atoms with E-state index >= 15 is 0 Å². The number of hydrogen-bond donors (Lipinski definition) is 0. The lowest BCUT2D eigenvalue weighted by Crippen LogP contribution is -2.33. The standard InChI is InChI=1S/C31H26N2O4/c1-17-4-9-20(10-5-17)26(21-11-6-18(2)7-12-21)27-23-14-15-24(27)29-28(23)30(34)32(31(29)35)22-13-8-19(3)25(16-22)33(36)37/h4-16,23-24,28-29H,1-3H3. The molecule has 3 aliphatic rings. The van der Waals surface area contributed by atoms with Crippen molar-refractivity contribution in [2.24, 2.45) is 23.7 Å². The van der Waals surface area contributed by atoms with Crippen LogP contribution in [0.2, 0.25) is 0 Å². The van der Waals surface area contributed by atoms with Crippen molar-refractivity contribution in [1.82, 2.24) is 0 Å². The number of rotatable bonds is 4. The van der Waals surface area contributed by atoms with Crippen LogP contribution in [0.1, 0.15) is 27.8 Å². The molecule has 6 nitrogen and oxygen atoms in total. The molecule has 4 unspecified atom stereocenters. The van der Waals surface area contributed by atoms with Gasteiger partial charge in [-0.05, 0) is 49.1 Å². The number of carbonyl (C=O) groups excluding carboxylic acids is 2. The highest BCUT2D eigenvalue weighted by atomic mass is 16.6. The van der Waals surface area contributed by atoms with Crippen LogP contribution in [0.5, 0.6) is 0 Å². The van der Waals surface area contributed by atoms with Gasteiger partial charge in [0, 0.05) is 23.5 Å². The normalized spacial score (nSPS) is 23.6. The number of aryl methyl sites for hydroxylation is 3. The average Bonchev–Trinajstić information content (AvgIpc) is 3.51. The molecule has 0 N–H and O–H groups in total. The lowest BCUT2D eigenvalue weighted by atomic mass is 9.85. The lowest BCUT2D eigenvalue weighted by molar-refractivity contribution is -0.385.